The largest absolute Gasteiger partial charge is 0.378 e. The molecule has 2 heterocycles. The van der Waals surface area contributed by atoms with Crippen molar-refractivity contribution >= 4 is 10.0 Å². The minimum atomic E-state index is -3.56. The molecular weight excluding hydrogens is 256 g/mol. The number of nitrogens with zero attached hydrogens (tertiary/aromatic N) is 2. The summed E-state index contributed by atoms with van der Waals surface area (Å²) in [5, 5.41) is 6.63. The predicted molar refractivity (Wildman–Crippen MR) is 65.6 cm³/mol. The zero-order valence-electron chi connectivity index (χ0n) is 10.5. The first-order valence-corrected chi connectivity index (χ1v) is 7.23. The van der Waals surface area contributed by atoms with Crippen LogP contribution in [0.15, 0.2) is 4.90 Å². The summed E-state index contributed by atoms with van der Waals surface area (Å²) < 4.78 is 31.9. The van der Waals surface area contributed by atoms with Crippen LogP contribution in [0.25, 0.3) is 0 Å². The topological polar surface area (TPSA) is 101 Å². The van der Waals surface area contributed by atoms with Crippen molar-refractivity contribution in [3.8, 4) is 0 Å². The number of nitrogens with one attached hydrogen (secondary N) is 1. The van der Waals surface area contributed by atoms with Gasteiger partial charge in [-0.3, -0.25) is 5.10 Å². The van der Waals surface area contributed by atoms with Crippen LogP contribution < -0.4 is 5.73 Å². The van der Waals surface area contributed by atoms with Crippen LogP contribution in [-0.2, 0) is 14.8 Å². The maximum Gasteiger partial charge on any atom is 0.247 e. The average molecular weight is 274 g/mol. The van der Waals surface area contributed by atoms with Gasteiger partial charge in [0, 0.05) is 13.1 Å². The lowest BCUT2D eigenvalue weighted by molar-refractivity contribution is 0.0358. The molecule has 3 N–H and O–H groups in total. The van der Waals surface area contributed by atoms with E-state index >= 15 is 0 Å². The molecule has 2 rings (SSSR count). The van der Waals surface area contributed by atoms with Crippen molar-refractivity contribution in [3.63, 3.8) is 0 Å². The van der Waals surface area contributed by atoms with E-state index in [1.54, 1.807) is 13.8 Å². The monoisotopic (exact) mass is 274 g/mol. The van der Waals surface area contributed by atoms with Crippen molar-refractivity contribution < 1.29 is 13.2 Å². The number of morpholine rings is 1. The van der Waals surface area contributed by atoms with Gasteiger partial charge in [-0.25, -0.2) is 8.42 Å². The molecule has 7 nitrogen and oxygen atoms in total. The van der Waals surface area contributed by atoms with E-state index in [0.29, 0.717) is 31.1 Å². The first-order valence-electron chi connectivity index (χ1n) is 5.79. The highest BCUT2D eigenvalue weighted by atomic mass is 32.2. The van der Waals surface area contributed by atoms with Gasteiger partial charge < -0.3 is 10.5 Å². The summed E-state index contributed by atoms with van der Waals surface area (Å²) >= 11 is 0. The number of aromatic amines is 1. The molecule has 0 bridgehead atoms. The standard InChI is InChI=1S/C10H18N4O3S/c1-7-10(8(2)13-12-7)18(15,16)14-3-4-17-6-9(14)5-11/h9H,3-6,11H2,1-2H3,(H,12,13). The van der Waals surface area contributed by atoms with E-state index in [-0.39, 0.29) is 17.5 Å². The van der Waals surface area contributed by atoms with E-state index in [2.05, 4.69) is 10.2 Å². The molecule has 0 aliphatic carbocycles. The predicted octanol–water partition coefficient (Wildman–Crippen LogP) is -0.625. The Kier molecular flexibility index (Phi) is 3.71. The number of aryl methyl sites for hydroxylation is 2. The van der Waals surface area contributed by atoms with Crippen molar-refractivity contribution in [1.82, 2.24) is 14.5 Å². The van der Waals surface area contributed by atoms with Crippen LogP contribution in [0.2, 0.25) is 0 Å². The lowest BCUT2D eigenvalue weighted by atomic mass is 10.3. The van der Waals surface area contributed by atoms with Crippen LogP contribution in [-0.4, -0.2) is 55.3 Å². The van der Waals surface area contributed by atoms with Gasteiger partial charge in [-0.15, -0.1) is 0 Å². The molecule has 1 fully saturated rings. The molecule has 1 aromatic heterocycles. The molecule has 0 spiro atoms. The third kappa shape index (κ3) is 2.16. The zero-order valence-corrected chi connectivity index (χ0v) is 11.3. The number of sulfonamides is 1. The fraction of sp³-hybridized carbons (Fsp3) is 0.700. The van der Waals surface area contributed by atoms with Gasteiger partial charge >= 0.3 is 0 Å². The molecule has 1 unspecified atom stereocenters. The number of hydrogen-bond acceptors (Lipinski definition) is 5. The number of nitrogens with two attached hydrogens (primary N) is 1. The van der Waals surface area contributed by atoms with Gasteiger partial charge in [0.1, 0.15) is 4.90 Å². The highest BCUT2D eigenvalue weighted by Crippen LogP contribution is 2.24. The molecule has 8 heteroatoms. The van der Waals surface area contributed by atoms with Crippen molar-refractivity contribution in [3.05, 3.63) is 11.4 Å². The summed E-state index contributed by atoms with van der Waals surface area (Å²) in [5.41, 5.74) is 6.64. The first-order chi connectivity index (χ1) is 8.48. The Labute approximate surface area is 106 Å². The molecular formula is C10H18N4O3S. The summed E-state index contributed by atoms with van der Waals surface area (Å²) in [6, 6.07) is -0.308. The van der Waals surface area contributed by atoms with E-state index in [1.807, 2.05) is 0 Å². The summed E-state index contributed by atoms with van der Waals surface area (Å²) in [6.45, 7) is 4.68. The normalized spacial score (nSPS) is 22.3. The number of ether oxygens (including phenoxy) is 1. The SMILES string of the molecule is Cc1n[nH]c(C)c1S(=O)(=O)N1CCOCC1CN. The van der Waals surface area contributed by atoms with E-state index in [4.69, 9.17) is 10.5 Å². The lowest BCUT2D eigenvalue weighted by Crippen LogP contribution is -2.52. The Bertz CT molecular complexity index is 506. The molecule has 1 aliphatic rings. The second-order valence-corrected chi connectivity index (χ2v) is 6.17. The van der Waals surface area contributed by atoms with Gasteiger partial charge in [0.2, 0.25) is 10.0 Å². The fourth-order valence-electron chi connectivity index (χ4n) is 2.18. The average Bonchev–Trinajstić information content (AvgIpc) is 2.69. The number of hydrogen-bond donors (Lipinski definition) is 2. The second kappa shape index (κ2) is 4.96. The van der Waals surface area contributed by atoms with E-state index in [1.165, 1.54) is 4.31 Å². The van der Waals surface area contributed by atoms with Gasteiger partial charge in [0.15, 0.2) is 0 Å². The van der Waals surface area contributed by atoms with Crippen molar-refractivity contribution in [2.24, 2.45) is 5.73 Å². The molecule has 1 saturated heterocycles. The minimum Gasteiger partial charge on any atom is -0.378 e. The van der Waals surface area contributed by atoms with Crippen LogP contribution in [0.4, 0.5) is 0 Å². The van der Waals surface area contributed by atoms with Crippen molar-refractivity contribution in [1.29, 1.82) is 0 Å². The van der Waals surface area contributed by atoms with Gasteiger partial charge in [0.25, 0.3) is 0 Å². The van der Waals surface area contributed by atoms with Crippen LogP contribution in [0, 0.1) is 13.8 Å². The minimum absolute atomic E-state index is 0.245. The smallest absolute Gasteiger partial charge is 0.247 e. The molecule has 1 aromatic rings. The van der Waals surface area contributed by atoms with Crippen LogP contribution in [0.3, 0.4) is 0 Å². The number of H-pyrrole nitrogens is 1. The zero-order chi connectivity index (χ0) is 13.3. The number of aromatic nitrogens is 2. The highest BCUT2D eigenvalue weighted by molar-refractivity contribution is 7.89. The Morgan fingerprint density at radius 2 is 2.28 bits per heavy atom. The third-order valence-corrected chi connectivity index (χ3v) is 5.29. The van der Waals surface area contributed by atoms with Gasteiger partial charge in [-0.1, -0.05) is 0 Å². The Morgan fingerprint density at radius 1 is 1.56 bits per heavy atom. The highest BCUT2D eigenvalue weighted by Gasteiger charge is 2.36. The Balaban J connectivity index is 2.41. The second-order valence-electron chi connectivity index (χ2n) is 4.34. The van der Waals surface area contributed by atoms with Crippen LogP contribution >= 0.6 is 0 Å². The lowest BCUT2D eigenvalue weighted by Gasteiger charge is -2.33. The maximum absolute atomic E-state index is 12.6. The van der Waals surface area contributed by atoms with E-state index < -0.39 is 10.0 Å². The van der Waals surface area contributed by atoms with Gasteiger partial charge in [0.05, 0.1) is 30.6 Å². The van der Waals surface area contributed by atoms with Crippen molar-refractivity contribution in [2.45, 2.75) is 24.8 Å². The summed E-state index contributed by atoms with van der Waals surface area (Å²) in [4.78, 5) is 0.253. The fourth-order valence-corrected chi connectivity index (χ4v) is 4.12. The molecule has 1 aliphatic heterocycles. The molecule has 1 atom stereocenters. The third-order valence-electron chi connectivity index (χ3n) is 3.07. The number of rotatable bonds is 3. The van der Waals surface area contributed by atoms with Crippen LogP contribution in [0.5, 0.6) is 0 Å². The van der Waals surface area contributed by atoms with E-state index in [0.717, 1.165) is 0 Å². The molecule has 102 valence electrons. The Morgan fingerprint density at radius 3 is 2.83 bits per heavy atom. The molecule has 0 aromatic carbocycles. The van der Waals surface area contributed by atoms with Gasteiger partial charge in [-0.05, 0) is 13.8 Å². The molecule has 0 radical (unpaired) electrons. The first kappa shape index (κ1) is 13.5. The van der Waals surface area contributed by atoms with E-state index in [9.17, 15) is 8.42 Å². The maximum atomic E-state index is 12.6. The summed E-state index contributed by atoms with van der Waals surface area (Å²) in [5.74, 6) is 0. The van der Waals surface area contributed by atoms with Crippen LogP contribution in [0.1, 0.15) is 11.4 Å². The summed E-state index contributed by atoms with van der Waals surface area (Å²) in [6.07, 6.45) is 0. The quantitative estimate of drug-likeness (QED) is 0.764. The molecule has 0 amide bonds. The Hall–Kier alpha value is -0.960. The molecule has 0 saturated carbocycles. The summed E-state index contributed by atoms with van der Waals surface area (Å²) in [7, 11) is -3.56. The van der Waals surface area contributed by atoms with Gasteiger partial charge in [-0.2, -0.15) is 9.40 Å². The molecule has 18 heavy (non-hydrogen) atoms. The van der Waals surface area contributed by atoms with Crippen molar-refractivity contribution in [2.75, 3.05) is 26.3 Å².